The van der Waals surface area contributed by atoms with Gasteiger partial charge in [-0.25, -0.2) is 4.79 Å². The van der Waals surface area contributed by atoms with Gasteiger partial charge in [0.05, 0.1) is 12.1 Å². The Kier molecular flexibility index (Phi) is 6.27. The number of hydrogen-bond acceptors (Lipinski definition) is 2. The van der Waals surface area contributed by atoms with E-state index in [1.54, 1.807) is 11.0 Å². The van der Waals surface area contributed by atoms with Crippen LogP contribution in [0.5, 0.6) is 0 Å². The maximum absolute atomic E-state index is 13.1. The SMILES string of the molecule is C=CC(C)(c1ccccc1)N(CC(=C)c1ccccc1)C(=O)OC(C)(C)C. The average molecular weight is 364 g/mol. The number of hydrogen-bond donors (Lipinski definition) is 0. The van der Waals surface area contributed by atoms with Crippen molar-refractivity contribution >= 4 is 11.7 Å². The molecule has 0 aliphatic carbocycles. The van der Waals surface area contributed by atoms with Gasteiger partial charge in [0, 0.05) is 0 Å². The lowest BCUT2D eigenvalue weighted by Crippen LogP contribution is -2.49. The fourth-order valence-corrected chi connectivity index (χ4v) is 2.85. The first-order valence-corrected chi connectivity index (χ1v) is 9.10. The molecule has 0 saturated heterocycles. The molecule has 2 rings (SSSR count). The van der Waals surface area contributed by atoms with Crippen LogP contribution in [-0.2, 0) is 10.3 Å². The summed E-state index contributed by atoms with van der Waals surface area (Å²) in [7, 11) is 0. The lowest BCUT2D eigenvalue weighted by Gasteiger charge is -2.40. The molecule has 0 aliphatic rings. The van der Waals surface area contributed by atoms with Crippen molar-refractivity contribution in [1.82, 2.24) is 4.90 Å². The van der Waals surface area contributed by atoms with Gasteiger partial charge in [-0.2, -0.15) is 0 Å². The third kappa shape index (κ3) is 5.10. The highest BCUT2D eigenvalue weighted by molar-refractivity contribution is 5.75. The molecule has 0 saturated carbocycles. The topological polar surface area (TPSA) is 29.5 Å². The van der Waals surface area contributed by atoms with E-state index in [1.165, 1.54) is 0 Å². The summed E-state index contributed by atoms with van der Waals surface area (Å²) < 4.78 is 5.70. The number of carbonyl (C=O) groups is 1. The van der Waals surface area contributed by atoms with Crippen LogP contribution >= 0.6 is 0 Å². The van der Waals surface area contributed by atoms with Crippen LogP contribution in [0.25, 0.3) is 5.57 Å². The molecule has 2 aromatic rings. The van der Waals surface area contributed by atoms with E-state index in [1.807, 2.05) is 88.4 Å². The molecule has 3 heteroatoms. The molecule has 0 aliphatic heterocycles. The van der Waals surface area contributed by atoms with Crippen LogP contribution in [-0.4, -0.2) is 23.1 Å². The Labute approximate surface area is 163 Å². The van der Waals surface area contributed by atoms with Crippen LogP contribution < -0.4 is 0 Å². The molecule has 0 fully saturated rings. The predicted molar refractivity (Wildman–Crippen MR) is 112 cm³/mol. The van der Waals surface area contributed by atoms with Gasteiger partial charge in [0.1, 0.15) is 5.60 Å². The van der Waals surface area contributed by atoms with E-state index in [2.05, 4.69) is 13.2 Å². The van der Waals surface area contributed by atoms with Crippen LogP contribution in [0.3, 0.4) is 0 Å². The minimum absolute atomic E-state index is 0.330. The summed E-state index contributed by atoms with van der Waals surface area (Å²) in [5.41, 5.74) is 1.46. The minimum Gasteiger partial charge on any atom is -0.444 e. The molecule has 0 bridgehead atoms. The van der Waals surface area contributed by atoms with Crippen LogP contribution in [0.1, 0.15) is 38.8 Å². The number of rotatable bonds is 6. The zero-order chi connectivity index (χ0) is 20.1. The van der Waals surface area contributed by atoms with Gasteiger partial charge in [0.25, 0.3) is 0 Å². The van der Waals surface area contributed by atoms with Crippen molar-refractivity contribution in [3.8, 4) is 0 Å². The quantitative estimate of drug-likeness (QED) is 0.586. The lowest BCUT2D eigenvalue weighted by molar-refractivity contribution is 0.0111. The van der Waals surface area contributed by atoms with E-state index < -0.39 is 17.2 Å². The van der Waals surface area contributed by atoms with E-state index in [0.717, 1.165) is 16.7 Å². The second-order valence-corrected chi connectivity index (χ2v) is 7.75. The van der Waals surface area contributed by atoms with E-state index >= 15 is 0 Å². The summed E-state index contributed by atoms with van der Waals surface area (Å²) in [4.78, 5) is 14.8. The van der Waals surface area contributed by atoms with Gasteiger partial charge in [0.15, 0.2) is 0 Å². The molecule has 0 radical (unpaired) electrons. The molecular formula is C24H29NO2. The Bertz CT molecular complexity index is 790. The zero-order valence-corrected chi connectivity index (χ0v) is 16.7. The first-order valence-electron chi connectivity index (χ1n) is 9.10. The summed E-state index contributed by atoms with van der Waals surface area (Å²) >= 11 is 0. The molecule has 27 heavy (non-hydrogen) atoms. The van der Waals surface area contributed by atoms with Crippen molar-refractivity contribution in [3.63, 3.8) is 0 Å². The first kappa shape index (κ1) is 20.5. The number of amides is 1. The molecule has 0 heterocycles. The monoisotopic (exact) mass is 363 g/mol. The summed E-state index contributed by atoms with van der Waals surface area (Å²) in [5.74, 6) is 0. The van der Waals surface area contributed by atoms with Gasteiger partial charge >= 0.3 is 6.09 Å². The third-order valence-corrected chi connectivity index (χ3v) is 4.46. The van der Waals surface area contributed by atoms with Crippen LogP contribution in [0.4, 0.5) is 4.79 Å². The van der Waals surface area contributed by atoms with E-state index in [0.29, 0.717) is 6.54 Å². The fraction of sp³-hybridized carbons (Fsp3) is 0.292. The van der Waals surface area contributed by atoms with Crippen molar-refractivity contribution in [2.75, 3.05) is 6.54 Å². The molecule has 0 spiro atoms. The zero-order valence-electron chi connectivity index (χ0n) is 16.7. The van der Waals surface area contributed by atoms with Gasteiger partial charge in [0.2, 0.25) is 0 Å². The van der Waals surface area contributed by atoms with Gasteiger partial charge in [-0.15, -0.1) is 6.58 Å². The second kappa shape index (κ2) is 8.26. The van der Waals surface area contributed by atoms with Gasteiger partial charge in [-0.05, 0) is 44.4 Å². The van der Waals surface area contributed by atoms with E-state index in [9.17, 15) is 4.79 Å². The molecular weight excluding hydrogens is 334 g/mol. The molecule has 142 valence electrons. The van der Waals surface area contributed by atoms with Crippen molar-refractivity contribution < 1.29 is 9.53 Å². The lowest BCUT2D eigenvalue weighted by atomic mass is 9.89. The molecule has 0 aromatic heterocycles. The number of benzene rings is 2. The summed E-state index contributed by atoms with van der Waals surface area (Å²) in [5, 5.41) is 0. The minimum atomic E-state index is -0.735. The number of carbonyl (C=O) groups excluding carboxylic acids is 1. The highest BCUT2D eigenvalue weighted by Crippen LogP contribution is 2.33. The van der Waals surface area contributed by atoms with Gasteiger partial charge < -0.3 is 4.74 Å². The predicted octanol–water partition coefficient (Wildman–Crippen LogP) is 6.04. The number of ether oxygens (including phenoxy) is 1. The van der Waals surface area contributed by atoms with E-state index in [-0.39, 0.29) is 0 Å². The molecule has 2 aromatic carbocycles. The average Bonchev–Trinajstić information content (AvgIpc) is 2.65. The maximum Gasteiger partial charge on any atom is 0.411 e. The smallest absolute Gasteiger partial charge is 0.411 e. The Morgan fingerprint density at radius 3 is 2.00 bits per heavy atom. The van der Waals surface area contributed by atoms with Crippen molar-refractivity contribution in [2.24, 2.45) is 0 Å². The fourth-order valence-electron chi connectivity index (χ4n) is 2.85. The Morgan fingerprint density at radius 2 is 1.52 bits per heavy atom. The van der Waals surface area contributed by atoms with Crippen molar-refractivity contribution in [1.29, 1.82) is 0 Å². The van der Waals surface area contributed by atoms with Gasteiger partial charge in [-0.3, -0.25) is 4.90 Å². The molecule has 3 nitrogen and oxygen atoms in total. The standard InChI is InChI=1S/C24H29NO2/c1-7-24(6,21-16-12-9-13-17-21)25(22(26)27-23(3,4)5)18-19(2)20-14-10-8-11-15-20/h7-17H,1-2,18H2,3-6H3. The molecule has 1 unspecified atom stereocenters. The van der Waals surface area contributed by atoms with Crippen molar-refractivity contribution in [2.45, 2.75) is 38.8 Å². The van der Waals surface area contributed by atoms with E-state index in [4.69, 9.17) is 4.74 Å². The second-order valence-electron chi connectivity index (χ2n) is 7.75. The Morgan fingerprint density at radius 1 is 1.00 bits per heavy atom. The molecule has 1 atom stereocenters. The summed E-state index contributed by atoms with van der Waals surface area (Å²) in [6.07, 6.45) is 1.38. The van der Waals surface area contributed by atoms with Crippen LogP contribution in [0.2, 0.25) is 0 Å². The third-order valence-electron chi connectivity index (χ3n) is 4.46. The normalized spacial score (nSPS) is 13.3. The van der Waals surface area contributed by atoms with Crippen LogP contribution in [0, 0.1) is 0 Å². The highest BCUT2D eigenvalue weighted by atomic mass is 16.6. The Hall–Kier alpha value is -2.81. The number of nitrogens with zero attached hydrogens (tertiary/aromatic N) is 1. The largest absolute Gasteiger partial charge is 0.444 e. The van der Waals surface area contributed by atoms with Crippen molar-refractivity contribution in [3.05, 3.63) is 91.0 Å². The highest BCUT2D eigenvalue weighted by Gasteiger charge is 2.37. The van der Waals surface area contributed by atoms with Gasteiger partial charge in [-0.1, -0.05) is 73.3 Å². The summed E-state index contributed by atoms with van der Waals surface area (Å²) in [6, 6.07) is 19.7. The first-order chi connectivity index (χ1) is 12.7. The van der Waals surface area contributed by atoms with Crippen LogP contribution in [0.15, 0.2) is 79.9 Å². The maximum atomic E-state index is 13.1. The summed E-state index contributed by atoms with van der Waals surface area (Å²) in [6.45, 7) is 16.1. The Balaban J connectivity index is 2.44. The molecule has 0 N–H and O–H groups in total. The molecule has 1 amide bonds.